The van der Waals surface area contributed by atoms with Crippen LogP contribution in [0.2, 0.25) is 0 Å². The zero-order valence-electron chi connectivity index (χ0n) is 9.73. The SMILES string of the molecule is COC(=O)C(C)(O)CNc1cccc(C#N)c1. The molecule has 0 aliphatic rings. The molecule has 0 aliphatic carbocycles. The fourth-order valence-corrected chi connectivity index (χ4v) is 1.26. The molecule has 0 fully saturated rings. The van der Waals surface area contributed by atoms with Gasteiger partial charge in [-0.25, -0.2) is 4.79 Å². The van der Waals surface area contributed by atoms with E-state index in [0.717, 1.165) is 0 Å². The van der Waals surface area contributed by atoms with Gasteiger partial charge in [0.2, 0.25) is 0 Å². The summed E-state index contributed by atoms with van der Waals surface area (Å²) in [6, 6.07) is 8.77. The molecule has 90 valence electrons. The van der Waals surface area contributed by atoms with E-state index in [0.29, 0.717) is 11.3 Å². The van der Waals surface area contributed by atoms with Crippen LogP contribution in [0, 0.1) is 11.3 Å². The Balaban J connectivity index is 2.67. The van der Waals surface area contributed by atoms with Crippen LogP contribution in [0.1, 0.15) is 12.5 Å². The standard InChI is InChI=1S/C12H14N2O3/c1-12(16,11(15)17-2)8-14-10-5-3-4-9(6-10)7-13/h3-6,14,16H,8H2,1-2H3. The van der Waals surface area contributed by atoms with Crippen molar-refractivity contribution in [3.63, 3.8) is 0 Å². The molecule has 0 bridgehead atoms. The van der Waals surface area contributed by atoms with Gasteiger partial charge in [0, 0.05) is 5.69 Å². The average Bonchev–Trinajstić information content (AvgIpc) is 2.35. The molecule has 0 heterocycles. The Morgan fingerprint density at radius 3 is 2.94 bits per heavy atom. The van der Waals surface area contributed by atoms with Crippen LogP contribution >= 0.6 is 0 Å². The second-order valence-electron chi connectivity index (χ2n) is 3.81. The fraction of sp³-hybridized carbons (Fsp3) is 0.333. The first-order chi connectivity index (χ1) is 7.99. The summed E-state index contributed by atoms with van der Waals surface area (Å²) in [5, 5.41) is 21.4. The molecular weight excluding hydrogens is 220 g/mol. The number of anilines is 1. The van der Waals surface area contributed by atoms with Crippen LogP contribution in [-0.2, 0) is 9.53 Å². The van der Waals surface area contributed by atoms with Crippen LogP contribution in [0.25, 0.3) is 0 Å². The number of esters is 1. The molecule has 0 saturated carbocycles. The number of ether oxygens (including phenoxy) is 1. The van der Waals surface area contributed by atoms with E-state index in [2.05, 4.69) is 10.1 Å². The van der Waals surface area contributed by atoms with Gasteiger partial charge in [-0.2, -0.15) is 5.26 Å². The van der Waals surface area contributed by atoms with Crippen molar-refractivity contribution in [1.82, 2.24) is 0 Å². The lowest BCUT2D eigenvalue weighted by molar-refractivity contribution is -0.158. The molecule has 1 unspecified atom stereocenters. The van der Waals surface area contributed by atoms with E-state index in [1.807, 2.05) is 6.07 Å². The maximum absolute atomic E-state index is 11.2. The van der Waals surface area contributed by atoms with Gasteiger partial charge in [0.25, 0.3) is 0 Å². The maximum atomic E-state index is 11.2. The minimum atomic E-state index is -1.60. The Hall–Kier alpha value is -2.06. The molecule has 0 spiro atoms. The number of hydrogen-bond donors (Lipinski definition) is 2. The molecule has 1 aromatic rings. The van der Waals surface area contributed by atoms with Crippen molar-refractivity contribution in [3.8, 4) is 6.07 Å². The molecular formula is C12H14N2O3. The highest BCUT2D eigenvalue weighted by molar-refractivity contribution is 5.79. The van der Waals surface area contributed by atoms with E-state index in [4.69, 9.17) is 5.26 Å². The molecule has 2 N–H and O–H groups in total. The van der Waals surface area contributed by atoms with E-state index >= 15 is 0 Å². The van der Waals surface area contributed by atoms with Gasteiger partial charge in [0.15, 0.2) is 5.60 Å². The number of rotatable bonds is 4. The normalized spacial score (nSPS) is 13.3. The summed E-state index contributed by atoms with van der Waals surface area (Å²) in [6.45, 7) is 1.37. The zero-order valence-corrected chi connectivity index (χ0v) is 9.73. The van der Waals surface area contributed by atoms with Crippen molar-refractivity contribution < 1.29 is 14.6 Å². The van der Waals surface area contributed by atoms with Crippen molar-refractivity contribution in [1.29, 1.82) is 5.26 Å². The Kier molecular flexibility index (Phi) is 4.07. The Morgan fingerprint density at radius 1 is 1.65 bits per heavy atom. The molecule has 1 rings (SSSR count). The van der Waals surface area contributed by atoms with Crippen molar-refractivity contribution >= 4 is 11.7 Å². The summed E-state index contributed by atoms with van der Waals surface area (Å²) >= 11 is 0. The van der Waals surface area contributed by atoms with E-state index in [9.17, 15) is 9.90 Å². The summed E-state index contributed by atoms with van der Waals surface area (Å²) in [5.41, 5.74) is -0.432. The first-order valence-corrected chi connectivity index (χ1v) is 5.04. The number of nitriles is 1. The molecule has 1 atom stereocenters. The predicted octanol–water partition coefficient (Wildman–Crippen LogP) is 0.894. The van der Waals surface area contributed by atoms with Crippen LogP contribution < -0.4 is 5.32 Å². The highest BCUT2D eigenvalue weighted by Gasteiger charge is 2.31. The van der Waals surface area contributed by atoms with Gasteiger partial charge in [-0.05, 0) is 25.1 Å². The second kappa shape index (κ2) is 5.32. The largest absolute Gasteiger partial charge is 0.467 e. The quantitative estimate of drug-likeness (QED) is 0.756. The predicted molar refractivity (Wildman–Crippen MR) is 62.3 cm³/mol. The fourth-order valence-electron chi connectivity index (χ4n) is 1.26. The smallest absolute Gasteiger partial charge is 0.339 e. The van der Waals surface area contributed by atoms with Crippen molar-refractivity contribution in [2.45, 2.75) is 12.5 Å². The van der Waals surface area contributed by atoms with Gasteiger partial charge in [-0.15, -0.1) is 0 Å². The van der Waals surface area contributed by atoms with Gasteiger partial charge in [0.1, 0.15) is 0 Å². The van der Waals surface area contributed by atoms with Gasteiger partial charge in [0.05, 0.1) is 25.3 Å². The summed E-state index contributed by atoms with van der Waals surface area (Å²) in [6.07, 6.45) is 0. The molecule has 1 aromatic carbocycles. The summed E-state index contributed by atoms with van der Waals surface area (Å²) < 4.78 is 4.47. The van der Waals surface area contributed by atoms with E-state index in [-0.39, 0.29) is 6.54 Å². The van der Waals surface area contributed by atoms with Crippen molar-refractivity contribution in [2.24, 2.45) is 0 Å². The third-order valence-electron chi connectivity index (χ3n) is 2.25. The molecule has 0 saturated heterocycles. The molecule has 5 nitrogen and oxygen atoms in total. The number of hydrogen-bond acceptors (Lipinski definition) is 5. The van der Waals surface area contributed by atoms with E-state index < -0.39 is 11.6 Å². The molecule has 17 heavy (non-hydrogen) atoms. The molecule has 0 radical (unpaired) electrons. The highest BCUT2D eigenvalue weighted by Crippen LogP contribution is 2.12. The van der Waals surface area contributed by atoms with Crippen LogP contribution in [0.3, 0.4) is 0 Å². The minimum Gasteiger partial charge on any atom is -0.467 e. The number of methoxy groups -OCH3 is 1. The Bertz CT molecular complexity index is 449. The maximum Gasteiger partial charge on any atom is 0.339 e. The third kappa shape index (κ3) is 3.47. The van der Waals surface area contributed by atoms with Gasteiger partial charge < -0.3 is 15.2 Å². The summed E-state index contributed by atoms with van der Waals surface area (Å²) in [7, 11) is 1.22. The van der Waals surface area contributed by atoms with Crippen molar-refractivity contribution in [2.75, 3.05) is 19.0 Å². The minimum absolute atomic E-state index is 0.00849. The lowest BCUT2D eigenvalue weighted by Crippen LogP contribution is -2.42. The number of nitrogens with one attached hydrogen (secondary N) is 1. The lowest BCUT2D eigenvalue weighted by atomic mass is 10.1. The lowest BCUT2D eigenvalue weighted by Gasteiger charge is -2.21. The number of carbonyl (C=O) groups excluding carboxylic acids is 1. The Morgan fingerprint density at radius 2 is 2.35 bits per heavy atom. The molecule has 0 amide bonds. The van der Waals surface area contributed by atoms with Crippen molar-refractivity contribution in [3.05, 3.63) is 29.8 Å². The number of nitrogens with zero attached hydrogens (tertiary/aromatic N) is 1. The molecule has 5 heteroatoms. The number of carbonyl (C=O) groups is 1. The monoisotopic (exact) mass is 234 g/mol. The first-order valence-electron chi connectivity index (χ1n) is 5.04. The van der Waals surface area contributed by atoms with Crippen LogP contribution in [0.4, 0.5) is 5.69 Å². The second-order valence-corrected chi connectivity index (χ2v) is 3.81. The first kappa shape index (κ1) is 13.0. The van der Waals surface area contributed by atoms with E-state index in [1.54, 1.807) is 24.3 Å². The number of benzene rings is 1. The van der Waals surface area contributed by atoms with Crippen LogP contribution in [-0.4, -0.2) is 30.3 Å². The summed E-state index contributed by atoms with van der Waals surface area (Å²) in [5.74, 6) is -0.707. The Labute approximate surface area is 99.6 Å². The molecule has 0 aromatic heterocycles. The average molecular weight is 234 g/mol. The van der Waals surface area contributed by atoms with Gasteiger partial charge in [-0.1, -0.05) is 6.07 Å². The highest BCUT2D eigenvalue weighted by atomic mass is 16.5. The third-order valence-corrected chi connectivity index (χ3v) is 2.25. The van der Waals surface area contributed by atoms with Gasteiger partial charge >= 0.3 is 5.97 Å². The number of aliphatic hydroxyl groups is 1. The topological polar surface area (TPSA) is 82.3 Å². The van der Waals surface area contributed by atoms with E-state index in [1.165, 1.54) is 14.0 Å². The zero-order chi connectivity index (χ0) is 12.9. The van der Waals surface area contributed by atoms with Crippen LogP contribution in [0.5, 0.6) is 0 Å². The molecule has 0 aliphatic heterocycles. The van der Waals surface area contributed by atoms with Crippen LogP contribution in [0.15, 0.2) is 24.3 Å². The summed E-state index contributed by atoms with van der Waals surface area (Å²) in [4.78, 5) is 11.2. The van der Waals surface area contributed by atoms with Gasteiger partial charge in [-0.3, -0.25) is 0 Å².